The molecule has 1 fully saturated rings. The molecule has 0 aliphatic carbocycles. The number of halogens is 1. The SMILES string of the molecule is Cc1c(Br)ccc2c1ncn2CC(=O)C[C@@H]1[C@@H](O[Si](C)(C)C(C)(C)C)CCCN1C(=O)O. The first-order chi connectivity index (χ1) is 14.8. The quantitative estimate of drug-likeness (QED) is 0.498. The van der Waals surface area contributed by atoms with E-state index in [1.807, 2.05) is 23.6 Å². The van der Waals surface area contributed by atoms with Crippen LogP contribution in [0.1, 0.15) is 45.6 Å². The third-order valence-electron chi connectivity index (χ3n) is 6.98. The highest BCUT2D eigenvalue weighted by molar-refractivity contribution is 9.10. The Hall–Kier alpha value is -1.71. The minimum Gasteiger partial charge on any atom is -0.465 e. The van der Waals surface area contributed by atoms with E-state index in [-0.39, 0.29) is 29.9 Å². The molecule has 0 radical (unpaired) electrons. The van der Waals surface area contributed by atoms with Gasteiger partial charge in [0, 0.05) is 17.4 Å². The van der Waals surface area contributed by atoms with Gasteiger partial charge >= 0.3 is 6.09 Å². The van der Waals surface area contributed by atoms with Gasteiger partial charge in [0.15, 0.2) is 14.1 Å². The summed E-state index contributed by atoms with van der Waals surface area (Å²) in [6.45, 7) is 13.4. The summed E-state index contributed by atoms with van der Waals surface area (Å²) in [6, 6.07) is 3.44. The largest absolute Gasteiger partial charge is 0.465 e. The number of carboxylic acid groups (broad SMARTS) is 1. The van der Waals surface area contributed by atoms with Gasteiger partial charge in [-0.05, 0) is 55.6 Å². The number of imidazole rings is 1. The van der Waals surface area contributed by atoms with Gasteiger partial charge < -0.3 is 19.0 Å². The molecular weight excluding hydrogens is 490 g/mol. The predicted molar refractivity (Wildman–Crippen MR) is 132 cm³/mol. The lowest BCUT2D eigenvalue weighted by Gasteiger charge is -2.45. The molecule has 1 saturated heterocycles. The number of hydrogen-bond donors (Lipinski definition) is 1. The molecule has 1 amide bonds. The summed E-state index contributed by atoms with van der Waals surface area (Å²) in [6.07, 6.45) is 2.09. The third kappa shape index (κ3) is 5.10. The molecule has 1 aliphatic heterocycles. The van der Waals surface area contributed by atoms with Crippen molar-refractivity contribution in [1.29, 1.82) is 0 Å². The number of carbonyl (C=O) groups excluding carboxylic acids is 1. The molecule has 1 aliphatic rings. The van der Waals surface area contributed by atoms with Gasteiger partial charge in [0.2, 0.25) is 0 Å². The Kier molecular flexibility index (Phi) is 7.22. The lowest BCUT2D eigenvalue weighted by atomic mass is 9.95. The van der Waals surface area contributed by atoms with Crippen LogP contribution in [0.5, 0.6) is 0 Å². The van der Waals surface area contributed by atoms with Crippen molar-refractivity contribution in [2.24, 2.45) is 0 Å². The first-order valence-electron chi connectivity index (χ1n) is 11.1. The number of piperidine rings is 1. The molecule has 176 valence electrons. The van der Waals surface area contributed by atoms with Crippen LogP contribution in [0.2, 0.25) is 18.1 Å². The Balaban J connectivity index is 1.81. The minimum atomic E-state index is -2.11. The number of rotatable bonds is 6. The molecule has 2 atom stereocenters. The normalized spacial score (nSPS) is 20.0. The fourth-order valence-corrected chi connectivity index (χ4v) is 5.76. The second-order valence-corrected chi connectivity index (χ2v) is 15.9. The Labute approximate surface area is 199 Å². The molecule has 0 unspecified atom stereocenters. The maximum Gasteiger partial charge on any atom is 0.407 e. The van der Waals surface area contributed by atoms with Crippen molar-refractivity contribution in [2.45, 2.75) is 83.8 Å². The summed E-state index contributed by atoms with van der Waals surface area (Å²) in [5.74, 6) is -0.0214. The number of likely N-dealkylation sites (tertiary alicyclic amines) is 1. The first kappa shape index (κ1) is 24.9. The smallest absolute Gasteiger partial charge is 0.407 e. The molecule has 3 rings (SSSR count). The maximum absolute atomic E-state index is 13.1. The molecule has 0 saturated carbocycles. The molecule has 32 heavy (non-hydrogen) atoms. The number of aryl methyl sites for hydroxylation is 1. The van der Waals surface area contributed by atoms with E-state index in [0.717, 1.165) is 33.9 Å². The van der Waals surface area contributed by atoms with Crippen LogP contribution in [-0.2, 0) is 15.8 Å². The van der Waals surface area contributed by atoms with Crippen LogP contribution in [-0.4, -0.2) is 58.4 Å². The maximum atomic E-state index is 13.1. The molecule has 2 heterocycles. The van der Waals surface area contributed by atoms with E-state index in [1.165, 1.54) is 4.90 Å². The molecule has 1 aromatic carbocycles. The fourth-order valence-electron chi connectivity index (χ4n) is 4.05. The summed E-state index contributed by atoms with van der Waals surface area (Å²) in [4.78, 5) is 31.0. The molecule has 2 aromatic rings. The first-order valence-corrected chi connectivity index (χ1v) is 14.8. The van der Waals surface area contributed by atoms with Crippen molar-refractivity contribution in [2.75, 3.05) is 6.54 Å². The van der Waals surface area contributed by atoms with Gasteiger partial charge in [-0.1, -0.05) is 36.7 Å². The van der Waals surface area contributed by atoms with Crippen molar-refractivity contribution in [3.63, 3.8) is 0 Å². The molecule has 9 heteroatoms. The van der Waals surface area contributed by atoms with Crippen LogP contribution in [0.15, 0.2) is 22.9 Å². The van der Waals surface area contributed by atoms with Crippen molar-refractivity contribution in [1.82, 2.24) is 14.5 Å². The third-order valence-corrected chi connectivity index (χ3v) is 12.3. The molecule has 0 spiro atoms. The van der Waals surface area contributed by atoms with Gasteiger partial charge in [0.25, 0.3) is 0 Å². The topological polar surface area (TPSA) is 84.7 Å². The second-order valence-electron chi connectivity index (χ2n) is 10.3. The van der Waals surface area contributed by atoms with Crippen molar-refractivity contribution in [3.05, 3.63) is 28.5 Å². The highest BCUT2D eigenvalue weighted by Crippen LogP contribution is 2.39. The Morgan fingerprint density at radius 3 is 2.62 bits per heavy atom. The summed E-state index contributed by atoms with van der Waals surface area (Å²) >= 11 is 3.52. The summed E-state index contributed by atoms with van der Waals surface area (Å²) < 4.78 is 9.45. The lowest BCUT2D eigenvalue weighted by molar-refractivity contribution is -0.122. The van der Waals surface area contributed by atoms with Crippen LogP contribution in [0.3, 0.4) is 0 Å². The van der Waals surface area contributed by atoms with Crippen LogP contribution in [0, 0.1) is 6.92 Å². The van der Waals surface area contributed by atoms with Crippen LogP contribution in [0.25, 0.3) is 11.0 Å². The zero-order chi connectivity index (χ0) is 23.8. The number of carbonyl (C=O) groups is 2. The molecule has 7 nitrogen and oxygen atoms in total. The lowest BCUT2D eigenvalue weighted by Crippen LogP contribution is -2.56. The number of hydrogen-bond acceptors (Lipinski definition) is 4. The number of ketones is 1. The number of aromatic nitrogens is 2. The van der Waals surface area contributed by atoms with Crippen LogP contribution in [0.4, 0.5) is 4.79 Å². The standard InChI is InChI=1S/C23H34BrN3O4Si/c1-15-17(24)9-10-18-21(15)25-14-26(18)13-16(28)12-19-20(8-7-11-27(19)22(29)30)31-32(5,6)23(2,3)4/h9-10,14,19-20H,7-8,11-13H2,1-6H3,(H,29,30)/t19-,20+/m1/s1. The van der Waals surface area contributed by atoms with E-state index < -0.39 is 20.5 Å². The number of Topliss-reactive ketones (excluding diaryl/α,β-unsaturated/α-hetero) is 1. The van der Waals surface area contributed by atoms with Crippen LogP contribution >= 0.6 is 15.9 Å². The Morgan fingerprint density at radius 2 is 2.00 bits per heavy atom. The Bertz CT molecular complexity index is 1010. The number of benzene rings is 1. The van der Waals surface area contributed by atoms with E-state index in [0.29, 0.717) is 6.54 Å². The average Bonchev–Trinajstić information content (AvgIpc) is 3.08. The van der Waals surface area contributed by atoms with Gasteiger partial charge in [0.05, 0.1) is 36.1 Å². The van der Waals surface area contributed by atoms with E-state index >= 15 is 0 Å². The summed E-state index contributed by atoms with van der Waals surface area (Å²) in [5.41, 5.74) is 2.78. The van der Waals surface area contributed by atoms with Gasteiger partial charge in [-0.15, -0.1) is 0 Å². The zero-order valence-electron chi connectivity index (χ0n) is 19.8. The van der Waals surface area contributed by atoms with Gasteiger partial charge in [-0.3, -0.25) is 4.79 Å². The van der Waals surface area contributed by atoms with Gasteiger partial charge in [-0.25, -0.2) is 9.78 Å². The summed E-state index contributed by atoms with van der Waals surface area (Å²) in [5, 5.41) is 9.81. The summed E-state index contributed by atoms with van der Waals surface area (Å²) in [7, 11) is -2.11. The Morgan fingerprint density at radius 1 is 1.31 bits per heavy atom. The highest BCUT2D eigenvalue weighted by atomic mass is 79.9. The van der Waals surface area contributed by atoms with E-state index in [1.54, 1.807) is 6.33 Å². The van der Waals surface area contributed by atoms with Crippen LogP contribution < -0.4 is 0 Å². The van der Waals surface area contributed by atoms with E-state index in [2.05, 4.69) is 54.8 Å². The molecule has 0 bridgehead atoms. The monoisotopic (exact) mass is 523 g/mol. The van der Waals surface area contributed by atoms with E-state index in [4.69, 9.17) is 4.43 Å². The second kappa shape index (κ2) is 9.27. The highest BCUT2D eigenvalue weighted by Gasteiger charge is 2.44. The van der Waals surface area contributed by atoms with E-state index in [9.17, 15) is 14.7 Å². The molecule has 1 aromatic heterocycles. The average molecular weight is 525 g/mol. The molecule has 1 N–H and O–H groups in total. The zero-order valence-corrected chi connectivity index (χ0v) is 22.4. The number of nitrogens with zero attached hydrogens (tertiary/aromatic N) is 3. The number of amides is 1. The molecular formula is C23H34BrN3O4Si. The van der Waals surface area contributed by atoms with Gasteiger partial charge in [-0.2, -0.15) is 0 Å². The predicted octanol–water partition coefficient (Wildman–Crippen LogP) is 5.60. The van der Waals surface area contributed by atoms with Crippen molar-refractivity contribution in [3.8, 4) is 0 Å². The van der Waals surface area contributed by atoms with Crippen molar-refractivity contribution < 1.29 is 19.1 Å². The van der Waals surface area contributed by atoms with Crippen molar-refractivity contribution >= 4 is 47.2 Å². The fraction of sp³-hybridized carbons (Fsp3) is 0.609. The minimum absolute atomic E-state index is 0.00885. The van der Waals surface area contributed by atoms with Gasteiger partial charge in [0.1, 0.15) is 0 Å². The number of fused-ring (bicyclic) bond motifs is 1.